The van der Waals surface area contributed by atoms with E-state index in [4.69, 9.17) is 5.73 Å². The molecule has 4 saturated carbocycles. The van der Waals surface area contributed by atoms with Crippen molar-refractivity contribution >= 4 is 45.0 Å². The smallest absolute Gasteiger partial charge is 0.230 e. The number of hydrogen-bond donors (Lipinski definition) is 2. The number of thiophene rings is 1. The number of fused-ring (bicyclic) bond motifs is 1. The summed E-state index contributed by atoms with van der Waals surface area (Å²) < 4.78 is 0. The summed E-state index contributed by atoms with van der Waals surface area (Å²) in [6, 6.07) is 1.93. The number of aromatic nitrogens is 2. The summed E-state index contributed by atoms with van der Waals surface area (Å²) in [5.41, 5.74) is 6.06. The van der Waals surface area contributed by atoms with Crippen molar-refractivity contribution < 1.29 is 4.79 Å². The molecule has 0 radical (unpaired) electrons. The molecule has 4 bridgehead atoms. The Morgan fingerprint density at radius 1 is 1.24 bits per heavy atom. The van der Waals surface area contributed by atoms with E-state index < -0.39 is 0 Å². The van der Waals surface area contributed by atoms with E-state index in [-0.39, 0.29) is 11.4 Å². The van der Waals surface area contributed by atoms with Crippen LogP contribution in [0.1, 0.15) is 38.5 Å². The summed E-state index contributed by atoms with van der Waals surface area (Å²) in [6.07, 6.45) is 7.70. The van der Waals surface area contributed by atoms with Crippen molar-refractivity contribution in [2.75, 3.05) is 11.5 Å². The fraction of sp³-hybridized carbons (Fsp3) is 0.611. The van der Waals surface area contributed by atoms with Gasteiger partial charge in [-0.3, -0.25) is 4.79 Å². The van der Waals surface area contributed by atoms with Gasteiger partial charge in [0.15, 0.2) is 5.16 Å². The molecule has 2 aromatic rings. The van der Waals surface area contributed by atoms with Crippen molar-refractivity contribution in [2.24, 2.45) is 17.8 Å². The Bertz CT molecular complexity index is 798. The third-order valence-electron chi connectivity index (χ3n) is 6.11. The molecular weight excluding hydrogens is 352 g/mol. The van der Waals surface area contributed by atoms with Gasteiger partial charge in [0.2, 0.25) is 5.91 Å². The van der Waals surface area contributed by atoms with Gasteiger partial charge in [-0.05, 0) is 67.7 Å². The maximum absolute atomic E-state index is 12.6. The Kier molecular flexibility index (Phi) is 3.71. The second-order valence-corrected chi connectivity index (χ2v) is 9.90. The van der Waals surface area contributed by atoms with Gasteiger partial charge in [-0.15, -0.1) is 11.3 Å². The number of hydrogen-bond acceptors (Lipinski definition) is 6. The molecule has 6 rings (SSSR count). The number of thioether (sulfide) groups is 1. The number of carbonyl (C=O) groups is 1. The van der Waals surface area contributed by atoms with Crippen molar-refractivity contribution in [3.8, 4) is 0 Å². The zero-order chi connectivity index (χ0) is 17.0. The number of amides is 1. The minimum Gasteiger partial charge on any atom is -0.383 e. The lowest BCUT2D eigenvalue weighted by atomic mass is 9.53. The first-order chi connectivity index (χ1) is 12.1. The van der Waals surface area contributed by atoms with Gasteiger partial charge in [0.25, 0.3) is 0 Å². The first-order valence-electron chi connectivity index (χ1n) is 9.03. The molecule has 4 fully saturated rings. The lowest BCUT2D eigenvalue weighted by molar-refractivity contribution is -0.124. The molecule has 0 saturated heterocycles. The summed E-state index contributed by atoms with van der Waals surface area (Å²) in [7, 11) is 0. The van der Waals surface area contributed by atoms with E-state index in [0.717, 1.165) is 28.0 Å². The standard InChI is InChI=1S/C18H22N4OS2/c19-15-13-1-2-24-16(13)21-17(20-15)25-9-14(23)22-18-6-10-3-11(7-18)5-12(4-10)8-18/h1-2,10-12H,3-9H2,(H,22,23)(H2,19,20,21). The minimum atomic E-state index is 0.0734. The van der Waals surface area contributed by atoms with Crippen LogP contribution >= 0.6 is 23.1 Å². The maximum atomic E-state index is 12.6. The topological polar surface area (TPSA) is 80.9 Å². The van der Waals surface area contributed by atoms with Gasteiger partial charge in [-0.25, -0.2) is 9.97 Å². The molecule has 4 aliphatic carbocycles. The molecular formula is C18H22N4OS2. The average Bonchev–Trinajstić information content (AvgIpc) is 3.00. The minimum absolute atomic E-state index is 0.0734. The number of carbonyl (C=O) groups excluding carboxylic acids is 1. The average molecular weight is 375 g/mol. The summed E-state index contributed by atoms with van der Waals surface area (Å²) in [5.74, 6) is 3.48. The van der Waals surface area contributed by atoms with Gasteiger partial charge in [-0.2, -0.15) is 0 Å². The molecule has 3 N–H and O–H groups in total. The number of nitrogens with zero attached hydrogens (tertiary/aromatic N) is 2. The van der Waals surface area contributed by atoms with Crippen molar-refractivity contribution in [3.05, 3.63) is 11.4 Å². The van der Waals surface area contributed by atoms with Crippen molar-refractivity contribution in [1.82, 2.24) is 15.3 Å². The normalized spacial score (nSPS) is 33.0. The third kappa shape index (κ3) is 2.91. The fourth-order valence-corrected chi connectivity index (χ4v) is 7.13. The number of nitrogens with one attached hydrogen (secondary N) is 1. The Morgan fingerprint density at radius 3 is 2.60 bits per heavy atom. The molecule has 0 aliphatic heterocycles. The molecule has 0 atom stereocenters. The van der Waals surface area contributed by atoms with Crippen LogP contribution in [0.25, 0.3) is 10.2 Å². The zero-order valence-electron chi connectivity index (χ0n) is 14.0. The predicted octanol–water partition coefficient (Wildman–Crippen LogP) is 3.45. The molecule has 25 heavy (non-hydrogen) atoms. The first-order valence-corrected chi connectivity index (χ1v) is 10.9. The van der Waals surface area contributed by atoms with Crippen LogP contribution in [0.2, 0.25) is 0 Å². The van der Waals surface area contributed by atoms with Crippen molar-refractivity contribution in [3.63, 3.8) is 0 Å². The summed E-state index contributed by atoms with van der Waals surface area (Å²) >= 11 is 2.93. The Balaban J connectivity index is 1.25. The van der Waals surface area contributed by atoms with Gasteiger partial charge < -0.3 is 11.1 Å². The van der Waals surface area contributed by atoms with Crippen LogP contribution in [0.3, 0.4) is 0 Å². The molecule has 0 unspecified atom stereocenters. The summed E-state index contributed by atoms with van der Waals surface area (Å²) in [6.45, 7) is 0. The van der Waals surface area contributed by atoms with E-state index in [1.165, 1.54) is 50.3 Å². The van der Waals surface area contributed by atoms with E-state index in [1.54, 1.807) is 11.3 Å². The second kappa shape index (κ2) is 5.84. The van der Waals surface area contributed by atoms with Gasteiger partial charge in [0, 0.05) is 5.54 Å². The molecule has 2 aromatic heterocycles. The van der Waals surface area contributed by atoms with Gasteiger partial charge in [0.05, 0.1) is 11.1 Å². The summed E-state index contributed by atoms with van der Waals surface area (Å²) in [5, 5.41) is 6.85. The molecule has 1 amide bonds. The van der Waals surface area contributed by atoms with E-state index in [9.17, 15) is 4.79 Å². The lowest BCUT2D eigenvalue weighted by Crippen LogP contribution is -2.60. The van der Waals surface area contributed by atoms with E-state index in [0.29, 0.717) is 16.7 Å². The SMILES string of the molecule is Nc1nc(SCC(=O)NC23CC4CC(CC(C4)C2)C3)nc2sccc12. The second-order valence-electron chi connectivity index (χ2n) is 8.07. The van der Waals surface area contributed by atoms with Crippen LogP contribution in [0.15, 0.2) is 16.6 Å². The van der Waals surface area contributed by atoms with Crippen LogP contribution in [0.5, 0.6) is 0 Å². The Labute approximate surface area is 155 Å². The molecule has 0 spiro atoms. The van der Waals surface area contributed by atoms with Gasteiger partial charge in [0.1, 0.15) is 10.6 Å². The van der Waals surface area contributed by atoms with Crippen molar-refractivity contribution in [2.45, 2.75) is 49.2 Å². The third-order valence-corrected chi connectivity index (χ3v) is 7.76. The highest BCUT2D eigenvalue weighted by molar-refractivity contribution is 7.99. The van der Waals surface area contributed by atoms with Crippen LogP contribution in [-0.2, 0) is 4.79 Å². The molecule has 0 aromatic carbocycles. The highest BCUT2D eigenvalue weighted by atomic mass is 32.2. The molecule has 7 heteroatoms. The first kappa shape index (κ1) is 15.9. The Morgan fingerprint density at radius 2 is 1.92 bits per heavy atom. The molecule has 4 aliphatic rings. The van der Waals surface area contributed by atoms with Crippen LogP contribution in [0, 0.1) is 17.8 Å². The van der Waals surface area contributed by atoms with Gasteiger partial charge >= 0.3 is 0 Å². The van der Waals surface area contributed by atoms with Crippen LogP contribution in [-0.4, -0.2) is 27.2 Å². The number of anilines is 1. The molecule has 2 heterocycles. The monoisotopic (exact) mass is 374 g/mol. The largest absolute Gasteiger partial charge is 0.383 e. The number of rotatable bonds is 4. The lowest BCUT2D eigenvalue weighted by Gasteiger charge is -2.56. The van der Waals surface area contributed by atoms with Gasteiger partial charge in [-0.1, -0.05) is 11.8 Å². The van der Waals surface area contributed by atoms with Crippen molar-refractivity contribution in [1.29, 1.82) is 0 Å². The molecule has 5 nitrogen and oxygen atoms in total. The number of nitrogens with two attached hydrogens (primary N) is 1. The Hall–Kier alpha value is -1.34. The highest BCUT2D eigenvalue weighted by Crippen LogP contribution is 2.55. The van der Waals surface area contributed by atoms with Crippen LogP contribution in [0.4, 0.5) is 5.82 Å². The van der Waals surface area contributed by atoms with E-state index >= 15 is 0 Å². The van der Waals surface area contributed by atoms with Crippen LogP contribution < -0.4 is 11.1 Å². The van der Waals surface area contributed by atoms with E-state index in [1.807, 2.05) is 11.4 Å². The summed E-state index contributed by atoms with van der Waals surface area (Å²) in [4.78, 5) is 22.3. The maximum Gasteiger partial charge on any atom is 0.230 e. The predicted molar refractivity (Wildman–Crippen MR) is 102 cm³/mol. The quantitative estimate of drug-likeness (QED) is 0.633. The van der Waals surface area contributed by atoms with E-state index in [2.05, 4.69) is 15.3 Å². The zero-order valence-corrected chi connectivity index (χ0v) is 15.7. The fourth-order valence-electron chi connectivity index (χ4n) is 5.65. The highest BCUT2D eigenvalue weighted by Gasteiger charge is 2.51. The number of nitrogen functional groups attached to an aromatic ring is 1. The molecule has 132 valence electrons.